The van der Waals surface area contributed by atoms with Crippen LogP contribution in [0.25, 0.3) is 0 Å². The SMILES string of the molecule is Cc1c(Cl)ncnc1NCC1CCSCC1. The van der Waals surface area contributed by atoms with E-state index in [0.717, 1.165) is 23.8 Å². The van der Waals surface area contributed by atoms with Gasteiger partial charge in [0.2, 0.25) is 0 Å². The molecule has 1 N–H and O–H groups in total. The van der Waals surface area contributed by atoms with Gasteiger partial charge in [-0.15, -0.1) is 0 Å². The number of thioether (sulfide) groups is 1. The molecule has 2 rings (SSSR count). The maximum absolute atomic E-state index is 5.94. The number of rotatable bonds is 3. The number of halogens is 1. The Morgan fingerprint density at radius 1 is 1.44 bits per heavy atom. The van der Waals surface area contributed by atoms with E-state index in [4.69, 9.17) is 11.6 Å². The third-order valence-corrected chi connectivity index (χ3v) is 4.35. The summed E-state index contributed by atoms with van der Waals surface area (Å²) in [6.07, 6.45) is 4.11. The number of nitrogens with zero attached hydrogens (tertiary/aromatic N) is 2. The van der Waals surface area contributed by atoms with Crippen molar-refractivity contribution in [2.75, 3.05) is 23.4 Å². The molecule has 0 bridgehead atoms. The molecule has 88 valence electrons. The molecule has 5 heteroatoms. The molecular formula is C11H16ClN3S. The lowest BCUT2D eigenvalue weighted by molar-refractivity contribution is 0.515. The number of nitrogens with one attached hydrogen (secondary N) is 1. The quantitative estimate of drug-likeness (QED) is 0.845. The van der Waals surface area contributed by atoms with Crippen LogP contribution in [0, 0.1) is 12.8 Å². The van der Waals surface area contributed by atoms with Gasteiger partial charge in [0, 0.05) is 12.1 Å². The standard InChI is InChI=1S/C11H16ClN3S/c1-8-10(12)14-7-15-11(8)13-6-9-2-4-16-5-3-9/h7,9H,2-6H2,1H3,(H,13,14,15). The van der Waals surface area contributed by atoms with Crippen molar-refractivity contribution in [3.05, 3.63) is 17.0 Å². The van der Waals surface area contributed by atoms with Gasteiger partial charge in [0.05, 0.1) is 0 Å². The van der Waals surface area contributed by atoms with Gasteiger partial charge >= 0.3 is 0 Å². The van der Waals surface area contributed by atoms with Crippen LogP contribution in [0.15, 0.2) is 6.33 Å². The Morgan fingerprint density at radius 3 is 2.94 bits per heavy atom. The van der Waals surface area contributed by atoms with Crippen LogP contribution in [0.3, 0.4) is 0 Å². The summed E-state index contributed by atoms with van der Waals surface area (Å²) in [7, 11) is 0. The molecule has 0 unspecified atom stereocenters. The molecule has 1 aromatic rings. The minimum absolute atomic E-state index is 0.539. The average molecular weight is 258 g/mol. The number of anilines is 1. The third-order valence-electron chi connectivity index (χ3n) is 2.92. The summed E-state index contributed by atoms with van der Waals surface area (Å²) in [4.78, 5) is 8.16. The summed E-state index contributed by atoms with van der Waals surface area (Å²) in [6, 6.07) is 0. The summed E-state index contributed by atoms with van der Waals surface area (Å²) in [5, 5.41) is 3.92. The maximum atomic E-state index is 5.94. The van der Waals surface area contributed by atoms with Crippen molar-refractivity contribution in [2.24, 2.45) is 5.92 Å². The van der Waals surface area contributed by atoms with E-state index in [-0.39, 0.29) is 0 Å². The molecule has 2 heterocycles. The third kappa shape index (κ3) is 3.01. The van der Waals surface area contributed by atoms with Crippen LogP contribution in [0.2, 0.25) is 5.15 Å². The van der Waals surface area contributed by atoms with E-state index in [1.54, 1.807) is 0 Å². The fourth-order valence-electron chi connectivity index (χ4n) is 1.80. The topological polar surface area (TPSA) is 37.8 Å². The Bertz CT molecular complexity index is 353. The van der Waals surface area contributed by atoms with Crippen molar-refractivity contribution in [3.8, 4) is 0 Å². The Kier molecular flexibility index (Phi) is 4.29. The monoisotopic (exact) mass is 257 g/mol. The van der Waals surface area contributed by atoms with E-state index in [1.165, 1.54) is 30.7 Å². The normalized spacial score (nSPS) is 17.4. The van der Waals surface area contributed by atoms with Crippen molar-refractivity contribution >= 4 is 29.2 Å². The highest BCUT2D eigenvalue weighted by Crippen LogP contribution is 2.24. The van der Waals surface area contributed by atoms with Crippen LogP contribution < -0.4 is 5.32 Å². The maximum Gasteiger partial charge on any atom is 0.137 e. The fourth-order valence-corrected chi connectivity index (χ4v) is 3.14. The average Bonchev–Trinajstić information content (AvgIpc) is 2.32. The second kappa shape index (κ2) is 5.73. The molecule has 1 aliphatic rings. The highest BCUT2D eigenvalue weighted by molar-refractivity contribution is 7.99. The van der Waals surface area contributed by atoms with Gasteiger partial charge in [-0.1, -0.05) is 11.6 Å². The smallest absolute Gasteiger partial charge is 0.137 e. The molecule has 0 radical (unpaired) electrons. The second-order valence-electron chi connectivity index (χ2n) is 4.07. The zero-order valence-corrected chi connectivity index (χ0v) is 10.9. The molecule has 1 saturated heterocycles. The number of aromatic nitrogens is 2. The minimum Gasteiger partial charge on any atom is -0.369 e. The van der Waals surface area contributed by atoms with Gasteiger partial charge < -0.3 is 5.32 Å². The van der Waals surface area contributed by atoms with Crippen LogP contribution in [0.5, 0.6) is 0 Å². The van der Waals surface area contributed by atoms with Gasteiger partial charge in [-0.05, 0) is 37.2 Å². The number of hydrogen-bond acceptors (Lipinski definition) is 4. The minimum atomic E-state index is 0.539. The van der Waals surface area contributed by atoms with Gasteiger partial charge in [-0.2, -0.15) is 11.8 Å². The first-order valence-corrected chi connectivity index (χ1v) is 7.09. The zero-order valence-electron chi connectivity index (χ0n) is 9.37. The molecule has 0 saturated carbocycles. The second-order valence-corrected chi connectivity index (χ2v) is 5.66. The summed E-state index contributed by atoms with van der Waals surface area (Å²) in [5.41, 5.74) is 0.939. The summed E-state index contributed by atoms with van der Waals surface area (Å²) < 4.78 is 0. The summed E-state index contributed by atoms with van der Waals surface area (Å²) >= 11 is 7.99. The van der Waals surface area contributed by atoms with Gasteiger partial charge in [-0.25, -0.2) is 9.97 Å². The molecule has 0 aliphatic carbocycles. The van der Waals surface area contributed by atoms with E-state index in [2.05, 4.69) is 27.0 Å². The molecule has 1 fully saturated rings. The van der Waals surface area contributed by atoms with Crippen molar-refractivity contribution < 1.29 is 0 Å². The van der Waals surface area contributed by atoms with Crippen molar-refractivity contribution in [1.29, 1.82) is 0 Å². The lowest BCUT2D eigenvalue weighted by atomic mass is 10.0. The molecule has 0 aromatic carbocycles. The predicted octanol–water partition coefficient (Wildman–Crippen LogP) is 2.99. The molecule has 1 aliphatic heterocycles. The van der Waals surface area contributed by atoms with E-state index < -0.39 is 0 Å². The molecule has 0 atom stereocenters. The van der Waals surface area contributed by atoms with Crippen LogP contribution in [-0.4, -0.2) is 28.0 Å². The molecule has 3 nitrogen and oxygen atoms in total. The van der Waals surface area contributed by atoms with E-state index in [0.29, 0.717) is 5.15 Å². The Hall–Kier alpha value is -0.480. The first-order valence-electron chi connectivity index (χ1n) is 5.56. The zero-order chi connectivity index (χ0) is 11.4. The van der Waals surface area contributed by atoms with Gasteiger partial charge in [-0.3, -0.25) is 0 Å². The number of hydrogen-bond donors (Lipinski definition) is 1. The van der Waals surface area contributed by atoms with Crippen LogP contribution in [-0.2, 0) is 0 Å². The molecule has 0 spiro atoms. The van der Waals surface area contributed by atoms with E-state index >= 15 is 0 Å². The largest absolute Gasteiger partial charge is 0.369 e. The van der Waals surface area contributed by atoms with Crippen LogP contribution in [0.1, 0.15) is 18.4 Å². The first kappa shape index (κ1) is 12.0. The van der Waals surface area contributed by atoms with Crippen molar-refractivity contribution in [1.82, 2.24) is 9.97 Å². The fraction of sp³-hybridized carbons (Fsp3) is 0.636. The van der Waals surface area contributed by atoms with Gasteiger partial charge in [0.15, 0.2) is 0 Å². The molecular weight excluding hydrogens is 242 g/mol. The predicted molar refractivity (Wildman–Crippen MR) is 70.3 cm³/mol. The van der Waals surface area contributed by atoms with Crippen molar-refractivity contribution in [2.45, 2.75) is 19.8 Å². The molecule has 1 aromatic heterocycles. The Morgan fingerprint density at radius 2 is 2.19 bits per heavy atom. The van der Waals surface area contributed by atoms with Gasteiger partial charge in [0.1, 0.15) is 17.3 Å². The highest BCUT2D eigenvalue weighted by Gasteiger charge is 2.14. The molecule has 16 heavy (non-hydrogen) atoms. The van der Waals surface area contributed by atoms with Gasteiger partial charge in [0.25, 0.3) is 0 Å². The lowest BCUT2D eigenvalue weighted by Gasteiger charge is -2.22. The van der Waals surface area contributed by atoms with E-state index in [9.17, 15) is 0 Å². The highest BCUT2D eigenvalue weighted by atomic mass is 35.5. The van der Waals surface area contributed by atoms with E-state index in [1.807, 2.05) is 6.92 Å². The summed E-state index contributed by atoms with van der Waals surface area (Å²) in [6.45, 7) is 2.94. The Balaban J connectivity index is 1.91. The molecule has 0 amide bonds. The first-order chi connectivity index (χ1) is 7.77. The lowest BCUT2D eigenvalue weighted by Crippen LogP contribution is -2.20. The van der Waals surface area contributed by atoms with Crippen molar-refractivity contribution in [3.63, 3.8) is 0 Å². The Labute approximate surface area is 105 Å². The van der Waals surface area contributed by atoms with Crippen LogP contribution in [0.4, 0.5) is 5.82 Å². The van der Waals surface area contributed by atoms with Crippen LogP contribution >= 0.6 is 23.4 Å². The summed E-state index contributed by atoms with van der Waals surface area (Å²) in [5.74, 6) is 4.22.